The highest BCUT2D eigenvalue weighted by atomic mass is 16.5. The number of imide groups is 1. The third-order valence-corrected chi connectivity index (χ3v) is 4.81. The molecule has 3 fully saturated rings. The Bertz CT molecular complexity index is 467. The molecule has 0 aromatic carbocycles. The quantitative estimate of drug-likeness (QED) is 0.742. The van der Waals surface area contributed by atoms with Gasteiger partial charge in [0.1, 0.15) is 12.1 Å². The van der Waals surface area contributed by atoms with Crippen molar-refractivity contribution in [3.63, 3.8) is 0 Å². The maximum Gasteiger partial charge on any atom is 0.325 e. The average molecular weight is 309 g/mol. The van der Waals surface area contributed by atoms with Crippen LogP contribution in [0.4, 0.5) is 4.79 Å². The summed E-state index contributed by atoms with van der Waals surface area (Å²) in [6, 6.07) is -0.445. The van der Waals surface area contributed by atoms with E-state index in [-0.39, 0.29) is 24.5 Å². The molecule has 0 aromatic rings. The van der Waals surface area contributed by atoms with Crippen LogP contribution in [-0.2, 0) is 14.3 Å². The standard InChI is InChI=1S/C15H23N3O4/c19-12(16-9-11-5-4-8-22-11)10-18-13(20)15(17-14(18)21)6-2-1-3-7-15/h11H,1-10H2,(H,16,19)(H,17,21)/t11-/m0/s1. The molecule has 0 aromatic heterocycles. The summed E-state index contributed by atoms with van der Waals surface area (Å²) in [6.45, 7) is 0.961. The van der Waals surface area contributed by atoms with E-state index in [1.54, 1.807) is 0 Å². The van der Waals surface area contributed by atoms with Crippen molar-refractivity contribution >= 4 is 17.8 Å². The second kappa shape index (κ2) is 6.24. The van der Waals surface area contributed by atoms with Crippen LogP contribution in [0.15, 0.2) is 0 Å². The summed E-state index contributed by atoms with van der Waals surface area (Å²) >= 11 is 0. The Kier molecular flexibility index (Phi) is 4.33. The predicted molar refractivity (Wildman–Crippen MR) is 78.0 cm³/mol. The zero-order chi connectivity index (χ0) is 15.6. The van der Waals surface area contributed by atoms with Gasteiger partial charge in [0.15, 0.2) is 0 Å². The van der Waals surface area contributed by atoms with Gasteiger partial charge in [-0.05, 0) is 25.7 Å². The molecule has 7 nitrogen and oxygen atoms in total. The Morgan fingerprint density at radius 3 is 2.73 bits per heavy atom. The fraction of sp³-hybridized carbons (Fsp3) is 0.800. The first-order chi connectivity index (χ1) is 10.6. The average Bonchev–Trinajstić information content (AvgIpc) is 3.10. The summed E-state index contributed by atoms with van der Waals surface area (Å²) in [6.07, 6.45) is 6.31. The van der Waals surface area contributed by atoms with Gasteiger partial charge in [-0.1, -0.05) is 19.3 Å². The van der Waals surface area contributed by atoms with E-state index in [0.29, 0.717) is 19.4 Å². The Morgan fingerprint density at radius 1 is 1.27 bits per heavy atom. The van der Waals surface area contributed by atoms with E-state index >= 15 is 0 Å². The Labute approximate surface area is 129 Å². The van der Waals surface area contributed by atoms with Crippen LogP contribution in [-0.4, -0.2) is 54.1 Å². The maximum atomic E-state index is 12.5. The lowest BCUT2D eigenvalue weighted by Gasteiger charge is -2.30. The van der Waals surface area contributed by atoms with E-state index in [0.717, 1.165) is 43.6 Å². The summed E-state index contributed by atoms with van der Waals surface area (Å²) in [5.74, 6) is -0.559. The second-order valence-electron chi connectivity index (χ2n) is 6.40. The summed E-state index contributed by atoms with van der Waals surface area (Å²) in [4.78, 5) is 37.6. The Balaban J connectivity index is 1.54. The lowest BCUT2D eigenvalue weighted by Crippen LogP contribution is -2.49. The number of nitrogens with zero attached hydrogens (tertiary/aromatic N) is 1. The first-order valence-electron chi connectivity index (χ1n) is 8.13. The number of nitrogens with one attached hydrogen (secondary N) is 2. The van der Waals surface area contributed by atoms with Crippen LogP contribution in [0.2, 0.25) is 0 Å². The number of hydrogen-bond donors (Lipinski definition) is 2. The number of urea groups is 1. The van der Waals surface area contributed by atoms with E-state index in [1.807, 2.05) is 0 Å². The molecular formula is C15H23N3O4. The molecule has 3 rings (SSSR count). The highest BCUT2D eigenvalue weighted by Gasteiger charge is 2.51. The molecule has 2 N–H and O–H groups in total. The number of amides is 4. The number of ether oxygens (including phenoxy) is 1. The van der Waals surface area contributed by atoms with Crippen LogP contribution in [0, 0.1) is 0 Å². The minimum absolute atomic E-state index is 0.0525. The molecule has 1 atom stereocenters. The third kappa shape index (κ3) is 2.95. The zero-order valence-corrected chi connectivity index (χ0v) is 12.7. The number of hydrogen-bond acceptors (Lipinski definition) is 4. The normalized spacial score (nSPS) is 27.3. The molecule has 0 bridgehead atoms. The first kappa shape index (κ1) is 15.3. The molecule has 7 heteroatoms. The second-order valence-corrected chi connectivity index (χ2v) is 6.40. The molecule has 0 radical (unpaired) electrons. The van der Waals surface area contributed by atoms with Crippen molar-refractivity contribution in [1.82, 2.24) is 15.5 Å². The fourth-order valence-electron chi connectivity index (χ4n) is 3.55. The summed E-state index contributed by atoms with van der Waals surface area (Å²) in [5.41, 5.74) is -0.760. The van der Waals surface area contributed by atoms with Crippen LogP contribution in [0.1, 0.15) is 44.9 Å². The molecule has 2 saturated heterocycles. The molecular weight excluding hydrogens is 286 g/mol. The van der Waals surface area contributed by atoms with Gasteiger partial charge in [-0.25, -0.2) is 4.79 Å². The minimum Gasteiger partial charge on any atom is -0.376 e. The van der Waals surface area contributed by atoms with E-state index in [1.165, 1.54) is 0 Å². The largest absolute Gasteiger partial charge is 0.376 e. The van der Waals surface area contributed by atoms with E-state index < -0.39 is 11.6 Å². The molecule has 22 heavy (non-hydrogen) atoms. The SMILES string of the molecule is O=C(CN1C(=O)NC2(CCCCC2)C1=O)NC[C@@H]1CCCO1. The van der Waals surface area contributed by atoms with Gasteiger partial charge in [0, 0.05) is 13.2 Å². The van der Waals surface area contributed by atoms with Crippen LogP contribution in [0.3, 0.4) is 0 Å². The molecule has 0 unspecified atom stereocenters. The van der Waals surface area contributed by atoms with Gasteiger partial charge in [-0.15, -0.1) is 0 Å². The van der Waals surface area contributed by atoms with Crippen molar-refractivity contribution in [2.24, 2.45) is 0 Å². The lowest BCUT2D eigenvalue weighted by atomic mass is 9.82. The van der Waals surface area contributed by atoms with Gasteiger partial charge in [0.2, 0.25) is 5.91 Å². The molecule has 1 aliphatic carbocycles. The van der Waals surface area contributed by atoms with Crippen molar-refractivity contribution < 1.29 is 19.1 Å². The van der Waals surface area contributed by atoms with Gasteiger partial charge in [0.25, 0.3) is 5.91 Å². The topological polar surface area (TPSA) is 87.7 Å². The van der Waals surface area contributed by atoms with E-state index in [9.17, 15) is 14.4 Å². The Morgan fingerprint density at radius 2 is 2.05 bits per heavy atom. The molecule has 122 valence electrons. The minimum atomic E-state index is -0.760. The summed E-state index contributed by atoms with van der Waals surface area (Å²) < 4.78 is 5.43. The molecule has 2 aliphatic heterocycles. The highest BCUT2D eigenvalue weighted by Crippen LogP contribution is 2.33. The number of carbonyl (C=O) groups excluding carboxylic acids is 3. The fourth-order valence-corrected chi connectivity index (χ4v) is 3.55. The van der Waals surface area contributed by atoms with Crippen LogP contribution in [0.25, 0.3) is 0 Å². The van der Waals surface area contributed by atoms with Crippen molar-refractivity contribution in [3.05, 3.63) is 0 Å². The molecule has 4 amide bonds. The van der Waals surface area contributed by atoms with Crippen LogP contribution < -0.4 is 10.6 Å². The summed E-state index contributed by atoms with van der Waals surface area (Å²) in [7, 11) is 0. The maximum absolute atomic E-state index is 12.5. The van der Waals surface area contributed by atoms with Crippen molar-refractivity contribution in [2.75, 3.05) is 19.7 Å². The van der Waals surface area contributed by atoms with E-state index in [4.69, 9.17) is 4.74 Å². The highest BCUT2D eigenvalue weighted by molar-refractivity contribution is 6.09. The molecule has 1 saturated carbocycles. The molecule has 1 spiro atoms. The zero-order valence-electron chi connectivity index (χ0n) is 12.7. The van der Waals surface area contributed by atoms with Crippen molar-refractivity contribution in [2.45, 2.75) is 56.6 Å². The lowest BCUT2D eigenvalue weighted by molar-refractivity contribution is -0.135. The van der Waals surface area contributed by atoms with Crippen LogP contribution >= 0.6 is 0 Å². The van der Waals surface area contributed by atoms with Gasteiger partial charge in [-0.3, -0.25) is 14.5 Å². The third-order valence-electron chi connectivity index (χ3n) is 4.81. The smallest absolute Gasteiger partial charge is 0.325 e. The monoisotopic (exact) mass is 309 g/mol. The van der Waals surface area contributed by atoms with Gasteiger partial charge in [-0.2, -0.15) is 0 Å². The van der Waals surface area contributed by atoms with Crippen LogP contribution in [0.5, 0.6) is 0 Å². The van der Waals surface area contributed by atoms with Crippen molar-refractivity contribution in [3.8, 4) is 0 Å². The van der Waals surface area contributed by atoms with Gasteiger partial charge < -0.3 is 15.4 Å². The van der Waals surface area contributed by atoms with Gasteiger partial charge in [0.05, 0.1) is 6.10 Å². The van der Waals surface area contributed by atoms with Gasteiger partial charge >= 0.3 is 6.03 Å². The number of carbonyl (C=O) groups is 3. The first-order valence-corrected chi connectivity index (χ1v) is 8.13. The predicted octanol–water partition coefficient (Wildman–Crippen LogP) is 0.536. The molecule has 2 heterocycles. The Hall–Kier alpha value is -1.63. The van der Waals surface area contributed by atoms with Crippen molar-refractivity contribution in [1.29, 1.82) is 0 Å². The number of rotatable bonds is 4. The molecule has 3 aliphatic rings. The van der Waals surface area contributed by atoms with E-state index in [2.05, 4.69) is 10.6 Å². The summed E-state index contributed by atoms with van der Waals surface area (Å²) in [5, 5.41) is 5.55.